The molecule has 1 amide bonds. The number of carbonyl (C=O) groups excluding carboxylic acids is 2. The minimum Gasteiger partial charge on any atom is -0.452 e. The number of nitrogens with one attached hydrogen (secondary N) is 1. The second-order valence-corrected chi connectivity index (χ2v) is 5.73. The monoisotopic (exact) mass is 356 g/mol. The average Bonchev–Trinajstić information content (AvgIpc) is 2.73. The Hall–Kier alpha value is -3.91. The zero-order valence-corrected chi connectivity index (χ0v) is 14.4. The number of hydrogen-bond donors (Lipinski definition) is 1. The Kier molecular flexibility index (Phi) is 5.60. The van der Waals surface area contributed by atoms with E-state index in [9.17, 15) is 9.59 Å². The lowest BCUT2D eigenvalue weighted by molar-refractivity contribution is -0.119. The lowest BCUT2D eigenvalue weighted by Gasteiger charge is -2.11. The molecule has 3 aromatic rings. The molecule has 0 saturated carbocycles. The summed E-state index contributed by atoms with van der Waals surface area (Å²) in [6.07, 6.45) is 0. The van der Waals surface area contributed by atoms with Crippen molar-refractivity contribution in [3.05, 3.63) is 90.0 Å². The van der Waals surface area contributed by atoms with E-state index in [4.69, 9.17) is 10.00 Å². The third-order valence-electron chi connectivity index (χ3n) is 3.85. The number of ether oxygens (including phenoxy) is 1. The van der Waals surface area contributed by atoms with E-state index in [-0.39, 0.29) is 5.56 Å². The van der Waals surface area contributed by atoms with Crippen LogP contribution in [0.4, 0.5) is 5.69 Å². The molecular formula is C22H16N2O3. The molecule has 0 aliphatic rings. The van der Waals surface area contributed by atoms with Gasteiger partial charge in [0.05, 0.1) is 17.2 Å². The highest BCUT2D eigenvalue weighted by Gasteiger charge is 2.12. The summed E-state index contributed by atoms with van der Waals surface area (Å²) in [5.74, 6) is -1.10. The van der Waals surface area contributed by atoms with Crippen LogP contribution in [0.25, 0.3) is 11.1 Å². The van der Waals surface area contributed by atoms with Gasteiger partial charge < -0.3 is 10.1 Å². The van der Waals surface area contributed by atoms with E-state index in [2.05, 4.69) is 5.32 Å². The molecule has 0 atom stereocenters. The van der Waals surface area contributed by atoms with Gasteiger partial charge in [-0.05, 0) is 29.8 Å². The van der Waals surface area contributed by atoms with Gasteiger partial charge in [0, 0.05) is 11.3 Å². The van der Waals surface area contributed by atoms with Crippen molar-refractivity contribution in [1.29, 1.82) is 5.26 Å². The number of nitrogens with zero attached hydrogens (tertiary/aromatic N) is 1. The molecule has 0 fully saturated rings. The van der Waals surface area contributed by atoms with Gasteiger partial charge in [0.2, 0.25) is 0 Å². The van der Waals surface area contributed by atoms with Crippen molar-refractivity contribution < 1.29 is 14.3 Å². The number of anilines is 1. The molecular weight excluding hydrogens is 340 g/mol. The van der Waals surface area contributed by atoms with Gasteiger partial charge in [0.25, 0.3) is 5.91 Å². The summed E-state index contributed by atoms with van der Waals surface area (Å²) in [7, 11) is 0. The van der Waals surface area contributed by atoms with E-state index in [1.807, 2.05) is 54.6 Å². The molecule has 1 N–H and O–H groups in total. The maximum absolute atomic E-state index is 12.2. The van der Waals surface area contributed by atoms with E-state index < -0.39 is 18.5 Å². The fraction of sp³-hybridized carbons (Fsp3) is 0.0455. The Labute approximate surface area is 156 Å². The van der Waals surface area contributed by atoms with Crippen LogP contribution in [-0.2, 0) is 9.53 Å². The van der Waals surface area contributed by atoms with Gasteiger partial charge in [-0.2, -0.15) is 5.26 Å². The number of hydrogen-bond acceptors (Lipinski definition) is 4. The molecule has 0 bridgehead atoms. The first-order valence-electron chi connectivity index (χ1n) is 8.29. The standard InChI is InChI=1S/C22H16N2O3/c23-14-16-7-6-10-18(13-16)22(26)27-15-21(25)24-20-12-5-4-11-19(20)17-8-2-1-3-9-17/h1-13H,15H2,(H,24,25). The molecule has 0 aliphatic carbocycles. The van der Waals surface area contributed by atoms with Crippen LogP contribution < -0.4 is 5.32 Å². The lowest BCUT2D eigenvalue weighted by atomic mass is 10.0. The number of esters is 1. The van der Waals surface area contributed by atoms with Gasteiger partial charge in [-0.15, -0.1) is 0 Å². The van der Waals surface area contributed by atoms with Crippen LogP contribution in [0.2, 0.25) is 0 Å². The quantitative estimate of drug-likeness (QED) is 0.700. The van der Waals surface area contributed by atoms with Crippen molar-refractivity contribution in [2.75, 3.05) is 11.9 Å². The summed E-state index contributed by atoms with van der Waals surface area (Å²) in [6.45, 7) is -0.418. The SMILES string of the molecule is N#Cc1cccc(C(=O)OCC(=O)Nc2ccccc2-c2ccccc2)c1. The highest BCUT2D eigenvalue weighted by molar-refractivity contribution is 5.98. The minimum atomic E-state index is -0.654. The Bertz CT molecular complexity index is 1010. The largest absolute Gasteiger partial charge is 0.452 e. The molecule has 0 saturated heterocycles. The summed E-state index contributed by atoms with van der Waals surface area (Å²) in [5, 5.41) is 11.6. The highest BCUT2D eigenvalue weighted by Crippen LogP contribution is 2.27. The van der Waals surface area contributed by atoms with Crippen LogP contribution >= 0.6 is 0 Å². The number of rotatable bonds is 5. The molecule has 5 heteroatoms. The van der Waals surface area contributed by atoms with Gasteiger partial charge in [-0.3, -0.25) is 4.79 Å². The maximum Gasteiger partial charge on any atom is 0.338 e. The predicted octanol–water partition coefficient (Wildman–Crippen LogP) is 4.02. The molecule has 27 heavy (non-hydrogen) atoms. The summed E-state index contributed by atoms with van der Waals surface area (Å²) in [6, 6.07) is 25.2. The van der Waals surface area contributed by atoms with Crippen LogP contribution in [0.1, 0.15) is 15.9 Å². The number of para-hydroxylation sites is 1. The van der Waals surface area contributed by atoms with E-state index in [1.54, 1.807) is 18.2 Å². The van der Waals surface area contributed by atoms with Crippen molar-refractivity contribution in [3.8, 4) is 17.2 Å². The second kappa shape index (κ2) is 8.45. The Morgan fingerprint density at radius 2 is 1.67 bits per heavy atom. The first-order chi connectivity index (χ1) is 13.2. The van der Waals surface area contributed by atoms with Crippen LogP contribution in [0.15, 0.2) is 78.9 Å². The van der Waals surface area contributed by atoms with Gasteiger partial charge in [-0.25, -0.2) is 4.79 Å². The number of carbonyl (C=O) groups is 2. The van der Waals surface area contributed by atoms with Gasteiger partial charge >= 0.3 is 5.97 Å². The molecule has 0 spiro atoms. The molecule has 0 radical (unpaired) electrons. The summed E-state index contributed by atoms with van der Waals surface area (Å²) in [4.78, 5) is 24.3. The normalized spacial score (nSPS) is 9.89. The Morgan fingerprint density at radius 1 is 0.926 bits per heavy atom. The third kappa shape index (κ3) is 4.59. The summed E-state index contributed by atoms with van der Waals surface area (Å²) < 4.78 is 5.05. The summed E-state index contributed by atoms with van der Waals surface area (Å²) in [5.41, 5.74) is 3.06. The molecule has 3 aromatic carbocycles. The zero-order valence-electron chi connectivity index (χ0n) is 14.4. The molecule has 0 heterocycles. The van der Waals surface area contributed by atoms with Crippen LogP contribution in [0.5, 0.6) is 0 Å². The van der Waals surface area contributed by atoms with E-state index >= 15 is 0 Å². The van der Waals surface area contributed by atoms with E-state index in [0.717, 1.165) is 11.1 Å². The molecule has 0 unspecified atom stereocenters. The fourth-order valence-electron chi connectivity index (χ4n) is 2.58. The second-order valence-electron chi connectivity index (χ2n) is 5.73. The Balaban J connectivity index is 1.65. The predicted molar refractivity (Wildman–Crippen MR) is 102 cm³/mol. The van der Waals surface area contributed by atoms with Gasteiger partial charge in [-0.1, -0.05) is 54.6 Å². The molecule has 3 rings (SSSR count). The molecule has 132 valence electrons. The molecule has 0 aromatic heterocycles. The first kappa shape index (κ1) is 17.9. The number of nitriles is 1. The number of benzene rings is 3. The fourth-order valence-corrected chi connectivity index (χ4v) is 2.58. The Morgan fingerprint density at radius 3 is 2.44 bits per heavy atom. The van der Waals surface area contributed by atoms with Crippen molar-refractivity contribution in [2.24, 2.45) is 0 Å². The van der Waals surface area contributed by atoms with Crippen LogP contribution in [0.3, 0.4) is 0 Å². The lowest BCUT2D eigenvalue weighted by Crippen LogP contribution is -2.21. The topological polar surface area (TPSA) is 79.2 Å². The van der Waals surface area contributed by atoms with Crippen molar-refractivity contribution >= 4 is 17.6 Å². The summed E-state index contributed by atoms with van der Waals surface area (Å²) >= 11 is 0. The van der Waals surface area contributed by atoms with Gasteiger partial charge in [0.1, 0.15) is 0 Å². The maximum atomic E-state index is 12.2. The zero-order chi connectivity index (χ0) is 19.1. The smallest absolute Gasteiger partial charge is 0.338 e. The number of amides is 1. The van der Waals surface area contributed by atoms with E-state index in [0.29, 0.717) is 11.3 Å². The van der Waals surface area contributed by atoms with Gasteiger partial charge in [0.15, 0.2) is 6.61 Å². The molecule has 5 nitrogen and oxygen atoms in total. The minimum absolute atomic E-state index is 0.228. The first-order valence-corrected chi connectivity index (χ1v) is 8.29. The highest BCUT2D eigenvalue weighted by atomic mass is 16.5. The third-order valence-corrected chi connectivity index (χ3v) is 3.85. The van der Waals surface area contributed by atoms with Crippen molar-refractivity contribution in [2.45, 2.75) is 0 Å². The van der Waals surface area contributed by atoms with Crippen molar-refractivity contribution in [3.63, 3.8) is 0 Å². The average molecular weight is 356 g/mol. The van der Waals surface area contributed by atoms with E-state index in [1.165, 1.54) is 12.1 Å². The molecule has 0 aliphatic heterocycles. The van der Waals surface area contributed by atoms with Crippen molar-refractivity contribution in [1.82, 2.24) is 0 Å². The van der Waals surface area contributed by atoms with Crippen LogP contribution in [0, 0.1) is 11.3 Å². The van der Waals surface area contributed by atoms with Crippen LogP contribution in [-0.4, -0.2) is 18.5 Å².